The largest absolute Gasteiger partial charge is 0.394 e. The molecule has 0 saturated carbocycles. The van der Waals surface area contributed by atoms with Crippen LogP contribution in [0.4, 0.5) is 0 Å². The Hall–Kier alpha value is -0.230. The van der Waals surface area contributed by atoms with Crippen LogP contribution in [0.2, 0.25) is 4.34 Å². The van der Waals surface area contributed by atoms with Crippen LogP contribution in [0.25, 0.3) is 0 Å². The standard InChI is InChI=1S/C10H14ClNO2S2/c1-7(4-13)12-10(14)6-15-5-8-2-3-9(11)16-8/h2-3,7,13H,4-6H2,1H3,(H,12,14)/t7-/m0/s1. The summed E-state index contributed by atoms with van der Waals surface area (Å²) < 4.78 is 0.772. The molecule has 0 aliphatic carbocycles. The summed E-state index contributed by atoms with van der Waals surface area (Å²) in [6, 6.07) is 3.65. The van der Waals surface area contributed by atoms with Crippen molar-refractivity contribution in [2.75, 3.05) is 12.4 Å². The zero-order chi connectivity index (χ0) is 12.0. The second-order valence-electron chi connectivity index (χ2n) is 3.35. The van der Waals surface area contributed by atoms with Gasteiger partial charge >= 0.3 is 0 Å². The minimum Gasteiger partial charge on any atom is -0.394 e. The average molecular weight is 280 g/mol. The smallest absolute Gasteiger partial charge is 0.230 e. The fourth-order valence-electron chi connectivity index (χ4n) is 1.04. The van der Waals surface area contributed by atoms with E-state index in [0.29, 0.717) is 5.75 Å². The highest BCUT2D eigenvalue weighted by Gasteiger charge is 2.06. The SMILES string of the molecule is C[C@@H](CO)NC(=O)CSCc1ccc(Cl)s1. The maximum atomic E-state index is 11.3. The lowest BCUT2D eigenvalue weighted by Gasteiger charge is -2.09. The van der Waals surface area contributed by atoms with Gasteiger partial charge < -0.3 is 10.4 Å². The van der Waals surface area contributed by atoms with E-state index >= 15 is 0 Å². The van der Waals surface area contributed by atoms with Crippen LogP contribution in [-0.4, -0.2) is 29.4 Å². The monoisotopic (exact) mass is 279 g/mol. The highest BCUT2D eigenvalue weighted by atomic mass is 35.5. The molecule has 0 bridgehead atoms. The maximum Gasteiger partial charge on any atom is 0.230 e. The van der Waals surface area contributed by atoms with Crippen molar-refractivity contribution in [3.05, 3.63) is 21.3 Å². The predicted octanol–water partition coefficient (Wildman–Crippen LogP) is 2.13. The minimum atomic E-state index is -0.177. The molecular formula is C10H14ClNO2S2. The van der Waals surface area contributed by atoms with Gasteiger partial charge in [0.15, 0.2) is 0 Å². The maximum absolute atomic E-state index is 11.3. The molecule has 1 aromatic rings. The van der Waals surface area contributed by atoms with Crippen molar-refractivity contribution in [2.24, 2.45) is 0 Å². The van der Waals surface area contributed by atoms with Crippen LogP contribution < -0.4 is 5.32 Å². The molecule has 0 unspecified atom stereocenters. The van der Waals surface area contributed by atoms with Gasteiger partial charge in [-0.1, -0.05) is 11.6 Å². The van der Waals surface area contributed by atoms with Crippen LogP contribution in [0.15, 0.2) is 12.1 Å². The fraction of sp³-hybridized carbons (Fsp3) is 0.500. The summed E-state index contributed by atoms with van der Waals surface area (Å²) >= 11 is 8.86. The van der Waals surface area contributed by atoms with Crippen LogP contribution in [0.3, 0.4) is 0 Å². The van der Waals surface area contributed by atoms with Gasteiger partial charge in [0, 0.05) is 16.7 Å². The number of amides is 1. The van der Waals surface area contributed by atoms with Gasteiger partial charge in [0.1, 0.15) is 0 Å². The number of thiophene rings is 1. The van der Waals surface area contributed by atoms with Crippen molar-refractivity contribution in [3.63, 3.8) is 0 Å². The molecule has 16 heavy (non-hydrogen) atoms. The van der Waals surface area contributed by atoms with Crippen LogP contribution in [0.5, 0.6) is 0 Å². The molecule has 0 aliphatic rings. The van der Waals surface area contributed by atoms with E-state index in [1.54, 1.807) is 6.92 Å². The first-order valence-corrected chi connectivity index (χ1v) is 7.19. The molecular weight excluding hydrogens is 266 g/mol. The van der Waals surface area contributed by atoms with E-state index in [9.17, 15) is 4.79 Å². The van der Waals surface area contributed by atoms with Gasteiger partial charge in [-0.15, -0.1) is 23.1 Å². The molecule has 0 radical (unpaired) electrons. The van der Waals surface area contributed by atoms with Crippen LogP contribution in [-0.2, 0) is 10.5 Å². The Morgan fingerprint density at radius 1 is 1.69 bits per heavy atom. The first-order chi connectivity index (χ1) is 7.61. The number of nitrogens with one attached hydrogen (secondary N) is 1. The normalized spacial score (nSPS) is 12.4. The average Bonchev–Trinajstić information content (AvgIpc) is 2.64. The highest BCUT2D eigenvalue weighted by molar-refractivity contribution is 7.99. The fourth-order valence-corrected chi connectivity index (χ4v) is 3.07. The highest BCUT2D eigenvalue weighted by Crippen LogP contribution is 2.24. The van der Waals surface area contributed by atoms with Gasteiger partial charge in [-0.25, -0.2) is 0 Å². The molecule has 90 valence electrons. The summed E-state index contributed by atoms with van der Waals surface area (Å²) in [4.78, 5) is 12.5. The molecule has 6 heteroatoms. The number of hydrogen-bond donors (Lipinski definition) is 2. The quantitative estimate of drug-likeness (QED) is 0.839. The molecule has 1 heterocycles. The molecule has 1 aromatic heterocycles. The van der Waals surface area contributed by atoms with E-state index in [1.165, 1.54) is 23.1 Å². The third-order valence-corrected chi connectivity index (χ3v) is 4.18. The van der Waals surface area contributed by atoms with Crippen molar-refractivity contribution in [1.82, 2.24) is 5.32 Å². The first-order valence-electron chi connectivity index (χ1n) is 4.84. The number of thioether (sulfide) groups is 1. The predicted molar refractivity (Wildman–Crippen MR) is 70.2 cm³/mol. The van der Waals surface area contributed by atoms with E-state index in [-0.39, 0.29) is 18.6 Å². The van der Waals surface area contributed by atoms with Gasteiger partial charge in [-0.3, -0.25) is 4.79 Å². The number of aliphatic hydroxyl groups is 1. The summed E-state index contributed by atoms with van der Waals surface area (Å²) in [5, 5.41) is 11.4. The lowest BCUT2D eigenvalue weighted by molar-refractivity contribution is -0.119. The summed E-state index contributed by atoms with van der Waals surface area (Å²) in [6.45, 7) is 1.73. The van der Waals surface area contributed by atoms with Crippen molar-refractivity contribution in [1.29, 1.82) is 0 Å². The number of hydrogen-bond acceptors (Lipinski definition) is 4. The number of carbonyl (C=O) groups is 1. The number of carbonyl (C=O) groups excluding carboxylic acids is 1. The Kier molecular flexibility index (Phi) is 6.20. The summed E-state index contributed by atoms with van der Waals surface area (Å²) in [6.07, 6.45) is 0. The van der Waals surface area contributed by atoms with Crippen LogP contribution in [0.1, 0.15) is 11.8 Å². The third kappa shape index (κ3) is 5.21. The zero-order valence-electron chi connectivity index (χ0n) is 8.90. The van der Waals surface area contributed by atoms with E-state index in [2.05, 4.69) is 5.32 Å². The molecule has 0 saturated heterocycles. The molecule has 1 atom stereocenters. The number of aliphatic hydroxyl groups excluding tert-OH is 1. The molecule has 0 fully saturated rings. The molecule has 2 N–H and O–H groups in total. The first kappa shape index (κ1) is 13.8. The molecule has 0 aliphatic heterocycles. The summed E-state index contributed by atoms with van der Waals surface area (Å²) in [7, 11) is 0. The van der Waals surface area contributed by atoms with E-state index in [1.807, 2.05) is 12.1 Å². The topological polar surface area (TPSA) is 49.3 Å². The molecule has 1 amide bonds. The van der Waals surface area contributed by atoms with Crippen LogP contribution in [0, 0.1) is 0 Å². The van der Waals surface area contributed by atoms with Gasteiger partial charge in [0.2, 0.25) is 5.91 Å². The Balaban J connectivity index is 2.18. The Morgan fingerprint density at radius 2 is 2.44 bits per heavy atom. The Morgan fingerprint density at radius 3 is 3.00 bits per heavy atom. The van der Waals surface area contributed by atoms with E-state index in [0.717, 1.165) is 15.0 Å². The molecule has 0 aromatic carbocycles. The van der Waals surface area contributed by atoms with Crippen molar-refractivity contribution >= 4 is 40.6 Å². The lowest BCUT2D eigenvalue weighted by atomic mass is 10.4. The number of halogens is 1. The Labute approximate surface area is 108 Å². The van der Waals surface area contributed by atoms with Gasteiger partial charge in [-0.2, -0.15) is 0 Å². The minimum absolute atomic E-state index is 0.0308. The van der Waals surface area contributed by atoms with Crippen molar-refractivity contribution in [2.45, 2.75) is 18.7 Å². The molecule has 3 nitrogen and oxygen atoms in total. The molecule has 0 spiro atoms. The van der Waals surface area contributed by atoms with Crippen molar-refractivity contribution in [3.8, 4) is 0 Å². The van der Waals surface area contributed by atoms with Crippen LogP contribution >= 0.6 is 34.7 Å². The van der Waals surface area contributed by atoms with E-state index < -0.39 is 0 Å². The summed E-state index contributed by atoms with van der Waals surface area (Å²) in [5.41, 5.74) is 0. The molecule has 1 rings (SSSR count). The van der Waals surface area contributed by atoms with Gasteiger partial charge in [0.25, 0.3) is 0 Å². The van der Waals surface area contributed by atoms with Gasteiger partial charge in [-0.05, 0) is 19.1 Å². The second-order valence-corrected chi connectivity index (χ2v) is 6.13. The zero-order valence-corrected chi connectivity index (χ0v) is 11.3. The van der Waals surface area contributed by atoms with Crippen molar-refractivity contribution < 1.29 is 9.90 Å². The lowest BCUT2D eigenvalue weighted by Crippen LogP contribution is -2.36. The van der Waals surface area contributed by atoms with Gasteiger partial charge in [0.05, 0.1) is 16.7 Å². The second kappa shape index (κ2) is 7.17. The van der Waals surface area contributed by atoms with E-state index in [4.69, 9.17) is 16.7 Å². The number of rotatable bonds is 6. The summed E-state index contributed by atoms with van der Waals surface area (Å²) in [5.74, 6) is 1.15. The third-order valence-electron chi connectivity index (χ3n) is 1.79. The Bertz CT molecular complexity index is 343.